The molecule has 0 bridgehead atoms. The Bertz CT molecular complexity index is 500. The maximum Gasteiger partial charge on any atom is 0.232 e. The molecule has 1 fully saturated rings. The molecule has 1 aliphatic rings. The molecule has 0 aromatic carbocycles. The number of carbonyl (C=O) groups is 1. The van der Waals surface area contributed by atoms with Crippen LogP contribution in [-0.4, -0.2) is 46.9 Å². The molecule has 0 spiro atoms. The van der Waals surface area contributed by atoms with E-state index in [0.717, 1.165) is 13.0 Å². The molecule has 112 valence electrons. The van der Waals surface area contributed by atoms with Crippen LogP contribution in [0.3, 0.4) is 0 Å². The predicted octanol–water partition coefficient (Wildman–Crippen LogP) is 1.24. The molecule has 0 amide bonds. The highest BCUT2D eigenvalue weighted by Gasteiger charge is 2.20. The zero-order chi connectivity index (χ0) is 15.1. The first-order chi connectivity index (χ1) is 10.2. The van der Waals surface area contributed by atoms with Crippen molar-refractivity contribution in [2.45, 2.75) is 12.8 Å². The highest BCUT2D eigenvalue weighted by Crippen LogP contribution is 2.17. The minimum atomic E-state index is 0.211. The van der Waals surface area contributed by atoms with E-state index in [1.807, 2.05) is 4.90 Å². The second-order valence-electron chi connectivity index (χ2n) is 4.69. The number of anilines is 3. The second kappa shape index (κ2) is 7.37. The average molecular weight is 288 g/mol. The first kappa shape index (κ1) is 15.0. The lowest BCUT2D eigenvalue weighted by Gasteiger charge is -2.26. The van der Waals surface area contributed by atoms with Gasteiger partial charge in [-0.25, -0.2) is 0 Å². The summed E-state index contributed by atoms with van der Waals surface area (Å²) in [5.74, 6) is 1.65. The fraction of sp³-hybridized carbons (Fsp3) is 0.429. The van der Waals surface area contributed by atoms with Crippen LogP contribution >= 0.6 is 0 Å². The van der Waals surface area contributed by atoms with Crippen molar-refractivity contribution in [3.05, 3.63) is 25.3 Å². The quantitative estimate of drug-likeness (QED) is 0.730. The van der Waals surface area contributed by atoms with Crippen molar-refractivity contribution < 1.29 is 4.79 Å². The van der Waals surface area contributed by atoms with Crippen LogP contribution < -0.4 is 15.5 Å². The zero-order valence-corrected chi connectivity index (χ0v) is 12.0. The van der Waals surface area contributed by atoms with Crippen molar-refractivity contribution in [3.63, 3.8) is 0 Å². The molecule has 2 heterocycles. The summed E-state index contributed by atoms with van der Waals surface area (Å²) in [6, 6.07) is 0. The fourth-order valence-corrected chi connectivity index (χ4v) is 2.00. The molecule has 1 aromatic heterocycles. The van der Waals surface area contributed by atoms with Gasteiger partial charge >= 0.3 is 0 Å². The van der Waals surface area contributed by atoms with Crippen molar-refractivity contribution in [2.75, 3.05) is 41.7 Å². The minimum absolute atomic E-state index is 0.211. The number of aromatic nitrogens is 3. The number of rotatable bonds is 7. The van der Waals surface area contributed by atoms with E-state index in [-0.39, 0.29) is 5.78 Å². The summed E-state index contributed by atoms with van der Waals surface area (Å²) in [7, 11) is 0. The Morgan fingerprint density at radius 2 is 1.71 bits per heavy atom. The van der Waals surface area contributed by atoms with Gasteiger partial charge in [0.05, 0.1) is 6.54 Å². The Morgan fingerprint density at radius 3 is 2.24 bits per heavy atom. The normalized spacial score (nSPS) is 14.7. The highest BCUT2D eigenvalue weighted by atomic mass is 16.1. The van der Waals surface area contributed by atoms with Gasteiger partial charge in [-0.3, -0.25) is 4.79 Å². The molecule has 0 unspecified atom stereocenters. The summed E-state index contributed by atoms with van der Waals surface area (Å²) in [6.45, 7) is 9.55. The molecule has 0 aliphatic carbocycles. The zero-order valence-electron chi connectivity index (χ0n) is 12.0. The molecule has 7 heteroatoms. The summed E-state index contributed by atoms with van der Waals surface area (Å²) in [4.78, 5) is 26.5. The number of nitrogens with one attached hydrogen (secondary N) is 2. The van der Waals surface area contributed by atoms with Crippen molar-refractivity contribution in [3.8, 4) is 0 Å². The molecular formula is C14H20N6O. The van der Waals surface area contributed by atoms with Gasteiger partial charge in [0.1, 0.15) is 0 Å². The molecule has 21 heavy (non-hydrogen) atoms. The van der Waals surface area contributed by atoms with Crippen LogP contribution in [0.2, 0.25) is 0 Å². The van der Waals surface area contributed by atoms with Gasteiger partial charge < -0.3 is 15.5 Å². The van der Waals surface area contributed by atoms with E-state index >= 15 is 0 Å². The SMILES string of the molecule is C=CCNc1nc(NCC=C)nc(N2CCCC(=O)C2)n1. The summed E-state index contributed by atoms with van der Waals surface area (Å²) in [6.07, 6.45) is 4.91. The largest absolute Gasteiger partial charge is 0.351 e. The smallest absolute Gasteiger partial charge is 0.232 e. The fourth-order valence-electron chi connectivity index (χ4n) is 2.00. The molecule has 1 aliphatic heterocycles. The van der Waals surface area contributed by atoms with Gasteiger partial charge in [0.2, 0.25) is 17.8 Å². The van der Waals surface area contributed by atoms with E-state index in [9.17, 15) is 4.79 Å². The van der Waals surface area contributed by atoms with Gasteiger partial charge in [-0.15, -0.1) is 13.2 Å². The average Bonchev–Trinajstić information content (AvgIpc) is 2.50. The van der Waals surface area contributed by atoms with Crippen LogP contribution in [0.5, 0.6) is 0 Å². The third-order valence-corrected chi connectivity index (χ3v) is 2.97. The highest BCUT2D eigenvalue weighted by molar-refractivity contribution is 5.84. The van der Waals surface area contributed by atoms with Crippen LogP contribution in [0.15, 0.2) is 25.3 Å². The monoisotopic (exact) mass is 288 g/mol. The van der Waals surface area contributed by atoms with E-state index in [0.29, 0.717) is 43.9 Å². The third kappa shape index (κ3) is 4.27. The van der Waals surface area contributed by atoms with Gasteiger partial charge in [0.25, 0.3) is 0 Å². The summed E-state index contributed by atoms with van der Waals surface area (Å²) in [5, 5.41) is 6.09. The Hall–Kier alpha value is -2.44. The Kier molecular flexibility index (Phi) is 5.25. The summed E-state index contributed by atoms with van der Waals surface area (Å²) >= 11 is 0. The van der Waals surface area contributed by atoms with E-state index in [1.54, 1.807) is 12.2 Å². The number of nitrogens with zero attached hydrogens (tertiary/aromatic N) is 4. The van der Waals surface area contributed by atoms with Gasteiger partial charge in [-0.1, -0.05) is 12.2 Å². The van der Waals surface area contributed by atoms with Crippen LogP contribution in [0.25, 0.3) is 0 Å². The molecule has 7 nitrogen and oxygen atoms in total. The van der Waals surface area contributed by atoms with Crippen LogP contribution in [0.1, 0.15) is 12.8 Å². The number of piperidine rings is 1. The molecular weight excluding hydrogens is 268 g/mol. The first-order valence-corrected chi connectivity index (χ1v) is 6.95. The first-order valence-electron chi connectivity index (χ1n) is 6.95. The molecule has 0 radical (unpaired) electrons. The number of Topliss-reactive ketones (excluding diaryl/α,β-unsaturated/α-hetero) is 1. The lowest BCUT2D eigenvalue weighted by Crippen LogP contribution is -2.37. The molecule has 1 aromatic rings. The van der Waals surface area contributed by atoms with E-state index in [1.165, 1.54) is 0 Å². The Balaban J connectivity index is 2.22. The molecule has 2 N–H and O–H groups in total. The van der Waals surface area contributed by atoms with Gasteiger partial charge in [-0.05, 0) is 6.42 Å². The minimum Gasteiger partial charge on any atom is -0.351 e. The predicted molar refractivity (Wildman–Crippen MR) is 83.7 cm³/mol. The molecule has 0 atom stereocenters. The van der Waals surface area contributed by atoms with Crippen molar-refractivity contribution in [1.29, 1.82) is 0 Å². The maximum atomic E-state index is 11.6. The Morgan fingerprint density at radius 1 is 1.10 bits per heavy atom. The number of hydrogen-bond acceptors (Lipinski definition) is 7. The summed E-state index contributed by atoms with van der Waals surface area (Å²) in [5.41, 5.74) is 0. The van der Waals surface area contributed by atoms with Gasteiger partial charge in [0.15, 0.2) is 5.78 Å². The number of ketones is 1. The number of hydrogen-bond donors (Lipinski definition) is 2. The topological polar surface area (TPSA) is 83.0 Å². The van der Waals surface area contributed by atoms with Crippen LogP contribution in [0, 0.1) is 0 Å². The molecule has 0 saturated carbocycles. The van der Waals surface area contributed by atoms with Crippen LogP contribution in [0.4, 0.5) is 17.8 Å². The van der Waals surface area contributed by atoms with E-state index in [2.05, 4.69) is 38.7 Å². The van der Waals surface area contributed by atoms with Crippen molar-refractivity contribution in [2.24, 2.45) is 0 Å². The standard InChI is InChI=1S/C14H20N6O/c1-3-7-15-12-17-13(16-8-4-2)19-14(18-12)20-9-5-6-11(21)10-20/h3-4H,1-2,5-10H2,(H2,15,16,17,18,19). The molecule has 1 saturated heterocycles. The summed E-state index contributed by atoms with van der Waals surface area (Å²) < 4.78 is 0. The van der Waals surface area contributed by atoms with Crippen molar-refractivity contribution >= 4 is 23.6 Å². The number of carbonyl (C=O) groups excluding carboxylic acids is 1. The van der Waals surface area contributed by atoms with Crippen LogP contribution in [-0.2, 0) is 4.79 Å². The van der Waals surface area contributed by atoms with Gasteiger partial charge in [0, 0.05) is 26.1 Å². The molecule has 2 rings (SSSR count). The third-order valence-electron chi connectivity index (χ3n) is 2.97. The Labute approximate surface area is 124 Å². The second-order valence-corrected chi connectivity index (χ2v) is 4.69. The van der Waals surface area contributed by atoms with Crippen molar-refractivity contribution in [1.82, 2.24) is 15.0 Å². The van der Waals surface area contributed by atoms with Gasteiger partial charge in [-0.2, -0.15) is 15.0 Å². The van der Waals surface area contributed by atoms with E-state index in [4.69, 9.17) is 0 Å². The maximum absolute atomic E-state index is 11.6. The lowest BCUT2D eigenvalue weighted by atomic mass is 10.1. The lowest BCUT2D eigenvalue weighted by molar-refractivity contribution is -0.118. The van der Waals surface area contributed by atoms with E-state index < -0.39 is 0 Å².